The second-order valence-corrected chi connectivity index (χ2v) is 5.99. The third-order valence-corrected chi connectivity index (χ3v) is 3.87. The average molecular weight is 409 g/mol. The van der Waals surface area contributed by atoms with Crippen LogP contribution in [0.4, 0.5) is 0 Å². The van der Waals surface area contributed by atoms with Crippen molar-refractivity contribution in [3.8, 4) is 0 Å². The monoisotopic (exact) mass is 407 g/mol. The number of aromatic amines is 1. The molecule has 3 N–H and O–H groups in total. The highest BCUT2D eigenvalue weighted by atomic mass is 79.9. The number of carbonyl (C=O) groups is 1. The first kappa shape index (κ1) is 18.2. The largest absolute Gasteiger partial charge is 0.342 e. The van der Waals surface area contributed by atoms with Crippen molar-refractivity contribution in [3.05, 3.63) is 70.0 Å². The fourth-order valence-corrected chi connectivity index (χ4v) is 2.63. The van der Waals surface area contributed by atoms with Crippen LogP contribution in [0, 0.1) is 0 Å². The van der Waals surface area contributed by atoms with E-state index in [0.717, 1.165) is 32.5 Å². The van der Waals surface area contributed by atoms with Crippen LogP contribution in [0.25, 0.3) is 17.1 Å². The Morgan fingerprint density at radius 3 is 2.71 bits per heavy atom. The van der Waals surface area contributed by atoms with Gasteiger partial charge in [0.25, 0.3) is 5.91 Å². The third-order valence-electron chi connectivity index (χ3n) is 3.38. The zero-order chi connectivity index (χ0) is 16.2. The molecule has 0 radical (unpaired) electrons. The Kier molecular flexibility index (Phi) is 6.14. The van der Waals surface area contributed by atoms with Crippen molar-refractivity contribution in [1.29, 1.82) is 0 Å². The molecule has 0 aliphatic heterocycles. The molecule has 0 saturated heterocycles. The number of nitrogens with one attached hydrogen (secondary N) is 2. The molecule has 1 aromatic heterocycles. The van der Waals surface area contributed by atoms with Gasteiger partial charge in [0.1, 0.15) is 5.82 Å². The summed E-state index contributed by atoms with van der Waals surface area (Å²) in [6.45, 7) is 0. The molecule has 0 aliphatic rings. The number of fused-ring (bicyclic) bond motifs is 1. The summed E-state index contributed by atoms with van der Waals surface area (Å²) in [4.78, 5) is 18.8. The first-order chi connectivity index (χ1) is 11.1. The lowest BCUT2D eigenvalue weighted by Gasteiger charge is -1.99. The topological polar surface area (TPSA) is 78.0 Å². The summed E-state index contributed by atoms with van der Waals surface area (Å²) in [5, 5.41) is 8.43. The van der Waals surface area contributed by atoms with Crippen molar-refractivity contribution >= 4 is 51.4 Å². The predicted molar refractivity (Wildman–Crippen MR) is 99.3 cm³/mol. The molecule has 24 heavy (non-hydrogen) atoms. The van der Waals surface area contributed by atoms with Crippen LogP contribution in [0.5, 0.6) is 0 Å². The van der Waals surface area contributed by atoms with Crippen molar-refractivity contribution in [1.82, 2.24) is 15.4 Å². The van der Waals surface area contributed by atoms with Gasteiger partial charge in [-0.2, -0.15) is 0 Å². The van der Waals surface area contributed by atoms with Crippen LogP contribution in [0.3, 0.4) is 0 Å². The maximum atomic E-state index is 10.9. The van der Waals surface area contributed by atoms with Crippen LogP contribution < -0.4 is 5.48 Å². The number of hydrogen-bond acceptors (Lipinski definition) is 3. The number of carbonyl (C=O) groups excluding carboxylic acids is 1. The van der Waals surface area contributed by atoms with E-state index in [1.165, 1.54) is 6.08 Å². The van der Waals surface area contributed by atoms with Gasteiger partial charge in [0.15, 0.2) is 0 Å². The van der Waals surface area contributed by atoms with Crippen molar-refractivity contribution in [2.45, 2.75) is 6.42 Å². The second-order valence-electron chi connectivity index (χ2n) is 5.07. The van der Waals surface area contributed by atoms with Crippen LogP contribution in [-0.2, 0) is 11.2 Å². The number of hydroxylamine groups is 1. The normalized spacial score (nSPS) is 10.8. The van der Waals surface area contributed by atoms with Crippen LogP contribution in [-0.4, -0.2) is 21.1 Å². The maximum absolute atomic E-state index is 10.9. The maximum Gasteiger partial charge on any atom is 0.267 e. The number of amides is 1. The number of H-pyrrole nitrogens is 1. The Balaban J connectivity index is 0.00000208. The second kappa shape index (κ2) is 8.10. The van der Waals surface area contributed by atoms with E-state index in [2.05, 4.69) is 25.9 Å². The van der Waals surface area contributed by atoms with E-state index in [9.17, 15) is 4.79 Å². The molecule has 3 aromatic rings. The molecule has 2 aromatic carbocycles. The molecule has 0 spiro atoms. The molecule has 0 bridgehead atoms. The lowest BCUT2D eigenvalue weighted by Crippen LogP contribution is -2.14. The van der Waals surface area contributed by atoms with Crippen LogP contribution in [0.1, 0.15) is 17.0 Å². The molecule has 0 aliphatic carbocycles. The van der Waals surface area contributed by atoms with Gasteiger partial charge in [-0.15, -0.1) is 12.4 Å². The average Bonchev–Trinajstić information content (AvgIpc) is 2.95. The molecule has 1 heterocycles. The minimum absolute atomic E-state index is 0. The lowest BCUT2D eigenvalue weighted by atomic mass is 10.1. The molecule has 5 nitrogen and oxygen atoms in total. The molecule has 1 amide bonds. The highest BCUT2D eigenvalue weighted by Gasteiger charge is 2.04. The molecule has 124 valence electrons. The van der Waals surface area contributed by atoms with Gasteiger partial charge in [0.05, 0.1) is 11.0 Å². The number of halogens is 2. The van der Waals surface area contributed by atoms with E-state index in [1.807, 2.05) is 42.5 Å². The molecule has 0 saturated carbocycles. The lowest BCUT2D eigenvalue weighted by molar-refractivity contribution is -0.124. The standard InChI is InChI=1S/C17H14BrN3O2.ClH/c18-13-6-7-14-15(10-13)20-16(19-14)9-12-3-1-11(2-4-12)5-8-17(22)21-23;/h1-8,10,23H,9H2,(H,19,20)(H,21,22);1H/b8-5+;. The van der Waals surface area contributed by atoms with E-state index < -0.39 is 5.91 Å². The van der Waals surface area contributed by atoms with Gasteiger partial charge in [-0.25, -0.2) is 10.5 Å². The van der Waals surface area contributed by atoms with Gasteiger partial charge in [0, 0.05) is 17.0 Å². The van der Waals surface area contributed by atoms with E-state index in [0.29, 0.717) is 6.42 Å². The van der Waals surface area contributed by atoms with Gasteiger partial charge in [-0.3, -0.25) is 10.0 Å². The number of benzene rings is 2. The predicted octanol–water partition coefficient (Wildman–Crippen LogP) is 3.86. The molecular weight excluding hydrogens is 394 g/mol. The Morgan fingerprint density at radius 1 is 1.25 bits per heavy atom. The fraction of sp³-hybridized carbons (Fsp3) is 0.0588. The van der Waals surface area contributed by atoms with Crippen LogP contribution >= 0.6 is 28.3 Å². The smallest absolute Gasteiger partial charge is 0.267 e. The van der Waals surface area contributed by atoms with Gasteiger partial charge >= 0.3 is 0 Å². The van der Waals surface area contributed by atoms with E-state index in [-0.39, 0.29) is 12.4 Å². The minimum atomic E-state index is -0.553. The van der Waals surface area contributed by atoms with E-state index >= 15 is 0 Å². The number of aromatic nitrogens is 2. The fourth-order valence-electron chi connectivity index (χ4n) is 2.27. The summed E-state index contributed by atoms with van der Waals surface area (Å²) < 4.78 is 1.02. The highest BCUT2D eigenvalue weighted by Crippen LogP contribution is 2.19. The van der Waals surface area contributed by atoms with Crippen molar-refractivity contribution in [2.24, 2.45) is 0 Å². The summed E-state index contributed by atoms with van der Waals surface area (Å²) in [6, 6.07) is 13.7. The summed E-state index contributed by atoms with van der Waals surface area (Å²) in [7, 11) is 0. The van der Waals surface area contributed by atoms with Gasteiger partial charge < -0.3 is 4.98 Å². The van der Waals surface area contributed by atoms with E-state index in [1.54, 1.807) is 11.6 Å². The number of nitrogens with zero attached hydrogens (tertiary/aromatic N) is 1. The highest BCUT2D eigenvalue weighted by molar-refractivity contribution is 9.10. The van der Waals surface area contributed by atoms with Crippen molar-refractivity contribution in [2.75, 3.05) is 0 Å². The van der Waals surface area contributed by atoms with Crippen molar-refractivity contribution in [3.63, 3.8) is 0 Å². The summed E-state index contributed by atoms with van der Waals surface area (Å²) in [5.41, 5.74) is 5.50. The quantitative estimate of drug-likeness (QED) is 0.348. The zero-order valence-corrected chi connectivity index (χ0v) is 14.9. The Hall–Kier alpha value is -2.15. The van der Waals surface area contributed by atoms with Gasteiger partial charge in [-0.05, 0) is 35.4 Å². The number of imidazole rings is 1. The van der Waals surface area contributed by atoms with Crippen LogP contribution in [0.2, 0.25) is 0 Å². The third kappa shape index (κ3) is 4.44. The summed E-state index contributed by atoms with van der Waals surface area (Å²) in [5.74, 6) is 0.351. The summed E-state index contributed by atoms with van der Waals surface area (Å²) >= 11 is 3.45. The minimum Gasteiger partial charge on any atom is -0.342 e. The van der Waals surface area contributed by atoms with Crippen LogP contribution in [0.15, 0.2) is 53.0 Å². The molecule has 0 atom stereocenters. The number of hydrogen-bond donors (Lipinski definition) is 3. The molecule has 0 fully saturated rings. The molecular formula is C17H15BrClN3O2. The SMILES string of the molecule is Cl.O=C(/C=C/c1ccc(Cc2nc3ccc(Br)cc3[nH]2)cc1)NO. The Bertz CT molecular complexity index is 875. The van der Waals surface area contributed by atoms with Gasteiger partial charge in [-0.1, -0.05) is 40.2 Å². The molecule has 0 unspecified atom stereocenters. The zero-order valence-electron chi connectivity index (χ0n) is 12.5. The Labute approximate surface area is 153 Å². The first-order valence-electron chi connectivity index (χ1n) is 6.99. The van der Waals surface area contributed by atoms with Crippen molar-refractivity contribution < 1.29 is 10.0 Å². The Morgan fingerprint density at radius 2 is 2.00 bits per heavy atom. The number of rotatable bonds is 4. The van der Waals surface area contributed by atoms with E-state index in [4.69, 9.17) is 5.21 Å². The first-order valence-corrected chi connectivity index (χ1v) is 7.78. The molecule has 7 heteroatoms. The molecule has 3 rings (SSSR count). The van der Waals surface area contributed by atoms with Gasteiger partial charge in [0.2, 0.25) is 0 Å². The summed E-state index contributed by atoms with van der Waals surface area (Å²) in [6.07, 6.45) is 3.60.